The van der Waals surface area contributed by atoms with Gasteiger partial charge in [-0.05, 0) is 12.5 Å². The number of aromatic hydroxyl groups is 1. The van der Waals surface area contributed by atoms with Crippen LogP contribution in [0.3, 0.4) is 0 Å². The summed E-state index contributed by atoms with van der Waals surface area (Å²) >= 11 is 0. The number of H-pyrrole nitrogens is 1. The average molecular weight is 436 g/mol. The van der Waals surface area contributed by atoms with Crippen LogP contribution in [0.2, 0.25) is 0 Å². The number of pyridine rings is 1. The quantitative estimate of drug-likeness (QED) is 0.210. The van der Waals surface area contributed by atoms with Gasteiger partial charge in [-0.25, -0.2) is 0 Å². The second-order valence-electron chi connectivity index (χ2n) is 5.95. The molecular formula is C14H18N2O10P2. The normalized spacial score (nSPS) is 12.9. The maximum Gasteiger partial charge on any atom is 0.369 e. The van der Waals surface area contributed by atoms with Crippen LogP contribution in [-0.2, 0) is 9.13 Å². The molecule has 0 fully saturated rings. The molecule has 8 N–H and O–H groups in total. The Labute approximate surface area is 157 Å². The number of hydrogen-bond donors (Lipinski definition) is 8. The third-order valence-electron chi connectivity index (χ3n) is 4.04. The summed E-state index contributed by atoms with van der Waals surface area (Å²) in [5, 5.41) is 18.8. The van der Waals surface area contributed by atoms with Gasteiger partial charge in [0, 0.05) is 18.4 Å². The Bertz CT molecular complexity index is 1030. The Morgan fingerprint density at radius 2 is 1.61 bits per heavy atom. The minimum atomic E-state index is -5.58. The van der Waals surface area contributed by atoms with Crippen LogP contribution in [0.5, 0.6) is 5.75 Å². The molecule has 0 spiro atoms. The third-order valence-corrected chi connectivity index (χ3v) is 7.91. The molecule has 0 saturated heterocycles. The molecule has 14 heteroatoms. The number of amides is 1. The molecule has 0 aliphatic carbocycles. The zero-order valence-corrected chi connectivity index (χ0v) is 15.9. The van der Waals surface area contributed by atoms with E-state index in [9.17, 15) is 28.9 Å². The lowest BCUT2D eigenvalue weighted by atomic mass is 10.1. The topological polar surface area (TPSA) is 217 Å². The Morgan fingerprint density at radius 3 is 2.14 bits per heavy atom. The molecular weight excluding hydrogens is 418 g/mol. The molecule has 1 heterocycles. The van der Waals surface area contributed by atoms with Gasteiger partial charge in [0.15, 0.2) is 5.75 Å². The van der Waals surface area contributed by atoms with Crippen molar-refractivity contribution >= 4 is 31.9 Å². The third kappa shape index (κ3) is 4.18. The van der Waals surface area contributed by atoms with E-state index in [0.717, 1.165) is 0 Å². The Hall–Kier alpha value is -2.04. The van der Waals surface area contributed by atoms with Crippen molar-refractivity contribution in [2.75, 3.05) is 6.54 Å². The highest BCUT2D eigenvalue weighted by Gasteiger charge is 2.58. The summed E-state index contributed by atoms with van der Waals surface area (Å²) in [6, 6.07) is 5.99. The van der Waals surface area contributed by atoms with Crippen molar-refractivity contribution in [3.63, 3.8) is 0 Å². The molecule has 0 aliphatic rings. The van der Waals surface area contributed by atoms with Crippen molar-refractivity contribution < 1.29 is 43.7 Å². The lowest BCUT2D eigenvalue weighted by Crippen LogP contribution is -2.32. The standard InChI is InChI=1S/C14H18N2O10P2/c17-11-8-4-1-2-5-9(8)12(18)16-10(11)13(19)15-7-3-6-14(20,27(21,22)23)28(24,25)26/h1-2,4-5,17,20H,3,6-7H2,(H,15,19)(H,16,18)(H2,21,22,23)(H2,24,25,26). The summed E-state index contributed by atoms with van der Waals surface area (Å²) in [5.74, 6) is -1.43. The van der Waals surface area contributed by atoms with Crippen LogP contribution in [0, 0.1) is 0 Å². The number of benzene rings is 1. The predicted octanol–water partition coefficient (Wildman–Crippen LogP) is -0.255. The molecule has 154 valence electrons. The highest BCUT2D eigenvalue weighted by molar-refractivity contribution is 7.72. The number of fused-ring (bicyclic) bond motifs is 1. The van der Waals surface area contributed by atoms with Crippen LogP contribution in [0.25, 0.3) is 10.8 Å². The summed E-state index contributed by atoms with van der Waals surface area (Å²) in [6.45, 7) is -0.366. The van der Waals surface area contributed by atoms with Crippen molar-refractivity contribution in [1.82, 2.24) is 10.3 Å². The van der Waals surface area contributed by atoms with Crippen molar-refractivity contribution in [3.05, 3.63) is 40.3 Å². The van der Waals surface area contributed by atoms with E-state index in [0.29, 0.717) is 0 Å². The number of aromatic amines is 1. The van der Waals surface area contributed by atoms with Crippen molar-refractivity contribution in [3.8, 4) is 5.75 Å². The lowest BCUT2D eigenvalue weighted by Gasteiger charge is -2.29. The average Bonchev–Trinajstić information content (AvgIpc) is 2.59. The molecule has 2 aromatic rings. The second-order valence-corrected chi connectivity index (χ2v) is 9.95. The van der Waals surface area contributed by atoms with E-state index in [-0.39, 0.29) is 17.3 Å². The smallest absolute Gasteiger partial charge is 0.369 e. The second kappa shape index (κ2) is 7.76. The lowest BCUT2D eigenvalue weighted by molar-refractivity contribution is 0.0938. The van der Waals surface area contributed by atoms with E-state index in [1.807, 2.05) is 0 Å². The van der Waals surface area contributed by atoms with Crippen molar-refractivity contribution in [2.45, 2.75) is 17.9 Å². The van der Waals surface area contributed by atoms with Crippen LogP contribution < -0.4 is 10.9 Å². The van der Waals surface area contributed by atoms with Gasteiger partial charge in [0.25, 0.3) is 16.5 Å². The monoisotopic (exact) mass is 436 g/mol. The van der Waals surface area contributed by atoms with E-state index in [2.05, 4.69) is 10.3 Å². The van der Waals surface area contributed by atoms with E-state index in [4.69, 9.17) is 19.6 Å². The van der Waals surface area contributed by atoms with E-state index >= 15 is 0 Å². The van der Waals surface area contributed by atoms with Gasteiger partial charge in [0.2, 0.25) is 0 Å². The van der Waals surface area contributed by atoms with Crippen LogP contribution >= 0.6 is 15.2 Å². The fourth-order valence-corrected chi connectivity index (χ4v) is 4.76. The van der Waals surface area contributed by atoms with E-state index < -0.39 is 56.0 Å². The molecule has 0 saturated carbocycles. The summed E-state index contributed by atoms with van der Waals surface area (Å²) in [5.41, 5.74) is -1.08. The molecule has 1 amide bonds. The molecule has 28 heavy (non-hydrogen) atoms. The first-order valence-electron chi connectivity index (χ1n) is 7.75. The molecule has 0 atom stereocenters. The molecule has 1 aromatic heterocycles. The first-order chi connectivity index (χ1) is 12.8. The van der Waals surface area contributed by atoms with Crippen LogP contribution in [-0.4, -0.2) is 52.3 Å². The molecule has 12 nitrogen and oxygen atoms in total. The molecule has 2 rings (SSSR count). The molecule has 1 aromatic carbocycles. The maximum absolute atomic E-state index is 12.2. The van der Waals surface area contributed by atoms with Crippen molar-refractivity contribution in [1.29, 1.82) is 0 Å². The molecule has 0 unspecified atom stereocenters. The highest BCUT2D eigenvalue weighted by Crippen LogP contribution is 2.69. The number of carbonyl (C=O) groups is 1. The SMILES string of the molecule is O=C(NCCCC(O)(P(=O)(O)O)P(=O)(O)O)c1[nH]c(=O)c2ccccc2c1O. The maximum atomic E-state index is 12.2. The number of aliphatic hydroxyl groups is 1. The van der Waals surface area contributed by atoms with Gasteiger partial charge in [0.05, 0.1) is 5.39 Å². The Morgan fingerprint density at radius 1 is 1.07 bits per heavy atom. The molecule has 0 bridgehead atoms. The highest BCUT2D eigenvalue weighted by atomic mass is 31.2. The van der Waals surface area contributed by atoms with Crippen LogP contribution in [0.4, 0.5) is 0 Å². The summed E-state index contributed by atoms with van der Waals surface area (Å²) in [6.07, 6.45) is -1.43. The Kier molecular flexibility index (Phi) is 6.17. The van der Waals surface area contributed by atoms with Crippen LogP contribution in [0.1, 0.15) is 23.3 Å². The number of aromatic nitrogens is 1. The fourth-order valence-electron chi connectivity index (χ4n) is 2.50. The van der Waals surface area contributed by atoms with Gasteiger partial charge in [0.1, 0.15) is 5.69 Å². The number of rotatable bonds is 7. The van der Waals surface area contributed by atoms with Crippen LogP contribution in [0.15, 0.2) is 29.1 Å². The van der Waals surface area contributed by atoms with Gasteiger partial charge < -0.3 is 40.1 Å². The van der Waals surface area contributed by atoms with Gasteiger partial charge in [-0.1, -0.05) is 18.2 Å². The van der Waals surface area contributed by atoms with Crippen molar-refractivity contribution in [2.24, 2.45) is 0 Å². The van der Waals surface area contributed by atoms with Gasteiger partial charge in [-0.15, -0.1) is 0 Å². The van der Waals surface area contributed by atoms with E-state index in [1.54, 1.807) is 12.1 Å². The van der Waals surface area contributed by atoms with Gasteiger partial charge in [-0.3, -0.25) is 18.7 Å². The largest absolute Gasteiger partial charge is 0.505 e. The van der Waals surface area contributed by atoms with Gasteiger partial charge >= 0.3 is 15.2 Å². The predicted molar refractivity (Wildman–Crippen MR) is 96.8 cm³/mol. The molecule has 0 aliphatic heterocycles. The summed E-state index contributed by atoms with van der Waals surface area (Å²) < 4.78 is 22.5. The molecule has 0 radical (unpaired) electrons. The number of hydrogen-bond acceptors (Lipinski definition) is 6. The minimum Gasteiger partial charge on any atom is -0.505 e. The first kappa shape index (κ1) is 22.3. The number of nitrogens with one attached hydrogen (secondary N) is 2. The fraction of sp³-hybridized carbons (Fsp3) is 0.286. The van der Waals surface area contributed by atoms with Gasteiger partial charge in [-0.2, -0.15) is 0 Å². The number of carbonyl (C=O) groups excluding carboxylic acids is 1. The Balaban J connectivity index is 2.13. The zero-order valence-electron chi connectivity index (χ0n) is 14.1. The zero-order chi connectivity index (χ0) is 21.3. The summed E-state index contributed by atoms with van der Waals surface area (Å²) in [4.78, 5) is 62.5. The van der Waals surface area contributed by atoms with E-state index in [1.165, 1.54) is 12.1 Å². The minimum absolute atomic E-state index is 0.133. The first-order valence-corrected chi connectivity index (χ1v) is 11.0. The summed E-state index contributed by atoms with van der Waals surface area (Å²) in [7, 11) is -11.2.